The van der Waals surface area contributed by atoms with Crippen LogP contribution in [0.4, 0.5) is 5.69 Å². The molecule has 0 unspecified atom stereocenters. The van der Waals surface area contributed by atoms with E-state index in [1.54, 1.807) is 0 Å². The largest absolute Gasteiger partial charge is 0.361 e. The van der Waals surface area contributed by atoms with Gasteiger partial charge >= 0.3 is 0 Å². The molecule has 2 N–H and O–H groups in total. The van der Waals surface area contributed by atoms with Crippen molar-refractivity contribution in [1.29, 1.82) is 0 Å². The molecule has 22 heavy (non-hydrogen) atoms. The molecule has 0 aliphatic rings. The van der Waals surface area contributed by atoms with Crippen molar-refractivity contribution in [2.45, 2.75) is 0 Å². The monoisotopic (exact) mass is 289 g/mol. The molecule has 4 nitrogen and oxygen atoms in total. The summed E-state index contributed by atoms with van der Waals surface area (Å²) in [4.78, 5) is 15.7. The number of anilines is 1. The number of aromatic amines is 1. The number of aromatic nitrogens is 2. The molecule has 1 amide bonds. The fourth-order valence-electron chi connectivity index (χ4n) is 2.85. The summed E-state index contributed by atoms with van der Waals surface area (Å²) < 4.78 is 1.97. The van der Waals surface area contributed by atoms with Gasteiger partial charge in [0.25, 0.3) is 5.91 Å². The maximum atomic E-state index is 12.6. The van der Waals surface area contributed by atoms with Crippen LogP contribution in [0, 0.1) is 0 Å². The van der Waals surface area contributed by atoms with Gasteiger partial charge in [0.2, 0.25) is 0 Å². The Morgan fingerprint density at radius 2 is 2.00 bits per heavy atom. The number of nitrogens with one attached hydrogen (secondary N) is 2. The molecule has 0 spiro atoms. The summed E-state index contributed by atoms with van der Waals surface area (Å²) in [5.41, 5.74) is 3.59. The minimum atomic E-state index is -0.0910. The van der Waals surface area contributed by atoms with Gasteiger partial charge in [0, 0.05) is 46.9 Å². The Labute approximate surface area is 127 Å². The van der Waals surface area contributed by atoms with Crippen molar-refractivity contribution in [2.24, 2.45) is 7.05 Å². The summed E-state index contributed by atoms with van der Waals surface area (Å²) in [6.07, 6.45) is 3.76. The third-order valence-electron chi connectivity index (χ3n) is 3.95. The zero-order valence-corrected chi connectivity index (χ0v) is 12.1. The summed E-state index contributed by atoms with van der Waals surface area (Å²) in [5.74, 6) is -0.0910. The fraction of sp³-hybridized carbons (Fsp3) is 0.0556. The van der Waals surface area contributed by atoms with E-state index < -0.39 is 0 Å². The quantitative estimate of drug-likeness (QED) is 0.577. The molecule has 0 saturated heterocycles. The van der Waals surface area contributed by atoms with Crippen molar-refractivity contribution >= 4 is 33.4 Å². The van der Waals surface area contributed by atoms with E-state index in [-0.39, 0.29) is 5.91 Å². The van der Waals surface area contributed by atoms with Crippen LogP contribution in [0.2, 0.25) is 0 Å². The highest BCUT2D eigenvalue weighted by Crippen LogP contribution is 2.23. The number of aryl methyl sites for hydroxylation is 1. The molecule has 0 radical (unpaired) electrons. The smallest absolute Gasteiger partial charge is 0.257 e. The Kier molecular flexibility index (Phi) is 2.76. The SMILES string of the molecule is Cn1cc(C(=O)Nc2ccc3[nH]ccc3c2)c2ccccc21. The molecule has 0 atom stereocenters. The lowest BCUT2D eigenvalue weighted by molar-refractivity contribution is 0.102. The number of para-hydroxylation sites is 1. The van der Waals surface area contributed by atoms with Crippen molar-refractivity contribution < 1.29 is 4.79 Å². The van der Waals surface area contributed by atoms with Crippen LogP contribution in [0.15, 0.2) is 60.9 Å². The van der Waals surface area contributed by atoms with Crippen LogP contribution in [0.25, 0.3) is 21.8 Å². The van der Waals surface area contributed by atoms with E-state index in [1.807, 2.05) is 72.5 Å². The third-order valence-corrected chi connectivity index (χ3v) is 3.95. The molecule has 2 heterocycles. The van der Waals surface area contributed by atoms with E-state index in [0.717, 1.165) is 27.5 Å². The molecule has 2 aromatic carbocycles. The van der Waals surface area contributed by atoms with Crippen LogP contribution in [-0.2, 0) is 7.05 Å². The minimum absolute atomic E-state index is 0.0910. The van der Waals surface area contributed by atoms with E-state index in [4.69, 9.17) is 0 Å². The Hall–Kier alpha value is -3.01. The van der Waals surface area contributed by atoms with Crippen molar-refractivity contribution in [1.82, 2.24) is 9.55 Å². The summed E-state index contributed by atoms with van der Waals surface area (Å²) in [6.45, 7) is 0. The van der Waals surface area contributed by atoms with Gasteiger partial charge in [-0.1, -0.05) is 18.2 Å². The topological polar surface area (TPSA) is 49.8 Å². The molecule has 0 saturated carbocycles. The predicted molar refractivity (Wildman–Crippen MR) is 89.2 cm³/mol. The highest BCUT2D eigenvalue weighted by Gasteiger charge is 2.13. The number of fused-ring (bicyclic) bond motifs is 2. The molecule has 4 heteroatoms. The van der Waals surface area contributed by atoms with Gasteiger partial charge in [0.1, 0.15) is 0 Å². The van der Waals surface area contributed by atoms with Gasteiger partial charge in [-0.05, 0) is 30.3 Å². The van der Waals surface area contributed by atoms with E-state index in [2.05, 4.69) is 10.3 Å². The molecule has 2 aromatic heterocycles. The van der Waals surface area contributed by atoms with E-state index in [0.29, 0.717) is 5.56 Å². The number of hydrogen-bond acceptors (Lipinski definition) is 1. The average Bonchev–Trinajstić information content (AvgIpc) is 3.12. The highest BCUT2D eigenvalue weighted by atomic mass is 16.1. The minimum Gasteiger partial charge on any atom is -0.361 e. The van der Waals surface area contributed by atoms with Crippen molar-refractivity contribution in [3.63, 3.8) is 0 Å². The van der Waals surface area contributed by atoms with Gasteiger partial charge in [-0.3, -0.25) is 4.79 Å². The number of carbonyl (C=O) groups is 1. The molecule has 4 rings (SSSR count). The van der Waals surface area contributed by atoms with E-state index >= 15 is 0 Å². The third kappa shape index (κ3) is 1.97. The molecule has 4 aromatic rings. The van der Waals surface area contributed by atoms with Gasteiger partial charge in [0.05, 0.1) is 5.56 Å². The first-order valence-electron chi connectivity index (χ1n) is 7.15. The number of hydrogen-bond donors (Lipinski definition) is 2. The van der Waals surface area contributed by atoms with Gasteiger partial charge in [-0.25, -0.2) is 0 Å². The number of benzene rings is 2. The van der Waals surface area contributed by atoms with Gasteiger partial charge in [-0.15, -0.1) is 0 Å². The number of carbonyl (C=O) groups excluding carboxylic acids is 1. The number of rotatable bonds is 2. The van der Waals surface area contributed by atoms with Crippen LogP contribution >= 0.6 is 0 Å². The zero-order valence-electron chi connectivity index (χ0n) is 12.1. The number of nitrogens with zero attached hydrogens (tertiary/aromatic N) is 1. The lowest BCUT2D eigenvalue weighted by Crippen LogP contribution is -2.11. The van der Waals surface area contributed by atoms with Gasteiger partial charge in [0.15, 0.2) is 0 Å². The lowest BCUT2D eigenvalue weighted by Gasteiger charge is -2.04. The second-order valence-electron chi connectivity index (χ2n) is 5.40. The first kappa shape index (κ1) is 12.7. The lowest BCUT2D eigenvalue weighted by atomic mass is 10.1. The Bertz CT molecular complexity index is 994. The first-order valence-corrected chi connectivity index (χ1v) is 7.15. The zero-order chi connectivity index (χ0) is 15.1. The van der Waals surface area contributed by atoms with E-state index in [9.17, 15) is 4.79 Å². The van der Waals surface area contributed by atoms with Crippen molar-refractivity contribution in [3.8, 4) is 0 Å². The van der Waals surface area contributed by atoms with Crippen LogP contribution in [0.1, 0.15) is 10.4 Å². The molecule has 0 fully saturated rings. The second kappa shape index (κ2) is 4.77. The molecule has 0 aliphatic heterocycles. The maximum absolute atomic E-state index is 12.6. The molecular formula is C18H15N3O. The Morgan fingerprint density at radius 1 is 1.14 bits per heavy atom. The highest BCUT2D eigenvalue weighted by molar-refractivity contribution is 6.13. The predicted octanol–water partition coefficient (Wildman–Crippen LogP) is 3.91. The summed E-state index contributed by atoms with van der Waals surface area (Å²) >= 11 is 0. The van der Waals surface area contributed by atoms with Crippen molar-refractivity contribution in [3.05, 3.63) is 66.5 Å². The molecule has 108 valence electrons. The summed E-state index contributed by atoms with van der Waals surface area (Å²) in [5, 5.41) is 5.02. The fourth-order valence-corrected chi connectivity index (χ4v) is 2.85. The molecular weight excluding hydrogens is 274 g/mol. The molecule has 0 bridgehead atoms. The van der Waals surface area contributed by atoms with Crippen LogP contribution in [-0.4, -0.2) is 15.5 Å². The summed E-state index contributed by atoms with van der Waals surface area (Å²) in [7, 11) is 1.95. The normalized spacial score (nSPS) is 11.1. The second-order valence-corrected chi connectivity index (χ2v) is 5.40. The standard InChI is InChI=1S/C18H15N3O/c1-21-11-15(14-4-2-3-5-17(14)21)18(22)20-13-6-7-16-12(10-13)8-9-19-16/h2-11,19H,1H3,(H,20,22). The van der Waals surface area contributed by atoms with Gasteiger partial charge in [-0.2, -0.15) is 0 Å². The number of H-pyrrole nitrogens is 1. The maximum Gasteiger partial charge on any atom is 0.257 e. The first-order chi connectivity index (χ1) is 10.7. The Balaban J connectivity index is 1.71. The van der Waals surface area contributed by atoms with Crippen LogP contribution in [0.5, 0.6) is 0 Å². The van der Waals surface area contributed by atoms with E-state index in [1.165, 1.54) is 0 Å². The van der Waals surface area contributed by atoms with Crippen molar-refractivity contribution in [2.75, 3.05) is 5.32 Å². The Morgan fingerprint density at radius 3 is 2.91 bits per heavy atom. The van der Waals surface area contributed by atoms with Crippen LogP contribution < -0.4 is 5.32 Å². The summed E-state index contributed by atoms with van der Waals surface area (Å²) in [6, 6.07) is 15.7. The number of amides is 1. The molecule has 0 aliphatic carbocycles. The average molecular weight is 289 g/mol. The van der Waals surface area contributed by atoms with Gasteiger partial charge < -0.3 is 14.9 Å². The van der Waals surface area contributed by atoms with Crippen LogP contribution in [0.3, 0.4) is 0 Å².